The molecule has 27 heavy (non-hydrogen) atoms. The average molecular weight is 384 g/mol. The van der Waals surface area contributed by atoms with Gasteiger partial charge in [-0.1, -0.05) is 18.2 Å². The van der Waals surface area contributed by atoms with Crippen LogP contribution in [0.1, 0.15) is 15.9 Å². The summed E-state index contributed by atoms with van der Waals surface area (Å²) in [4.78, 5) is 28.8. The Hall–Kier alpha value is -2.47. The number of hydrogen-bond donors (Lipinski definition) is 1. The average Bonchev–Trinajstić information content (AvgIpc) is 2.70. The molecule has 2 aromatic rings. The van der Waals surface area contributed by atoms with Crippen molar-refractivity contribution in [2.45, 2.75) is 6.92 Å². The van der Waals surface area contributed by atoms with E-state index in [9.17, 15) is 9.59 Å². The topological polar surface area (TPSA) is 52.7 Å². The summed E-state index contributed by atoms with van der Waals surface area (Å²) in [5.41, 5.74) is 3.30. The number of amides is 2. The number of nitrogens with zero attached hydrogens (tertiary/aromatic N) is 2. The van der Waals surface area contributed by atoms with Gasteiger partial charge in [-0.05, 0) is 42.8 Å². The van der Waals surface area contributed by atoms with Crippen molar-refractivity contribution in [3.8, 4) is 0 Å². The van der Waals surface area contributed by atoms with E-state index in [2.05, 4.69) is 5.32 Å². The van der Waals surface area contributed by atoms with Crippen LogP contribution in [-0.4, -0.2) is 54.9 Å². The van der Waals surface area contributed by atoms with Gasteiger partial charge in [0.05, 0.1) is 6.54 Å². The lowest BCUT2D eigenvalue weighted by atomic mass is 10.1. The molecule has 1 saturated heterocycles. The lowest BCUT2D eigenvalue weighted by Gasteiger charge is -2.26. The second-order valence-electron chi connectivity index (χ2n) is 6.67. The summed E-state index contributed by atoms with van der Waals surface area (Å²) in [5.74, 6) is 1.97. The van der Waals surface area contributed by atoms with Crippen LogP contribution in [0.3, 0.4) is 0 Å². The van der Waals surface area contributed by atoms with E-state index in [-0.39, 0.29) is 18.4 Å². The van der Waals surface area contributed by atoms with Gasteiger partial charge in [0.2, 0.25) is 5.91 Å². The van der Waals surface area contributed by atoms with E-state index in [1.54, 1.807) is 6.07 Å². The fraction of sp³-hybridized carbons (Fsp3) is 0.333. The predicted molar refractivity (Wildman–Crippen MR) is 113 cm³/mol. The Kier molecular flexibility index (Phi) is 6.40. The predicted octanol–water partition coefficient (Wildman–Crippen LogP) is 3.26. The fourth-order valence-electron chi connectivity index (χ4n) is 3.06. The molecule has 0 atom stereocenters. The van der Waals surface area contributed by atoms with Crippen LogP contribution in [0, 0.1) is 6.92 Å². The highest BCUT2D eigenvalue weighted by Crippen LogP contribution is 2.20. The van der Waals surface area contributed by atoms with Gasteiger partial charge in [-0.15, -0.1) is 0 Å². The number of thioether (sulfide) groups is 1. The second kappa shape index (κ2) is 8.95. The highest BCUT2D eigenvalue weighted by molar-refractivity contribution is 7.99. The van der Waals surface area contributed by atoms with Gasteiger partial charge in [0.15, 0.2) is 0 Å². The van der Waals surface area contributed by atoms with Crippen molar-refractivity contribution in [2.75, 3.05) is 48.4 Å². The molecule has 1 heterocycles. The van der Waals surface area contributed by atoms with Crippen LogP contribution in [-0.2, 0) is 4.79 Å². The van der Waals surface area contributed by atoms with Crippen molar-refractivity contribution in [2.24, 2.45) is 0 Å². The van der Waals surface area contributed by atoms with Gasteiger partial charge in [0.1, 0.15) is 0 Å². The van der Waals surface area contributed by atoms with Gasteiger partial charge < -0.3 is 15.1 Å². The summed E-state index contributed by atoms with van der Waals surface area (Å²) in [5, 5.41) is 2.95. The zero-order valence-electron chi connectivity index (χ0n) is 15.8. The van der Waals surface area contributed by atoms with Crippen LogP contribution in [0.15, 0.2) is 48.5 Å². The van der Waals surface area contributed by atoms with Crippen molar-refractivity contribution in [3.05, 3.63) is 59.7 Å². The van der Waals surface area contributed by atoms with Crippen LogP contribution in [0.25, 0.3) is 0 Å². The summed E-state index contributed by atoms with van der Waals surface area (Å²) in [6.07, 6.45) is 0. The molecule has 142 valence electrons. The Morgan fingerprint density at radius 1 is 1.11 bits per heavy atom. The summed E-state index contributed by atoms with van der Waals surface area (Å²) in [6.45, 7) is 3.77. The normalized spacial score (nSPS) is 13.9. The zero-order chi connectivity index (χ0) is 19.2. The van der Waals surface area contributed by atoms with E-state index < -0.39 is 0 Å². The maximum absolute atomic E-state index is 12.6. The summed E-state index contributed by atoms with van der Waals surface area (Å²) >= 11 is 1.88. The molecule has 1 fully saturated rings. The lowest BCUT2D eigenvalue weighted by Crippen LogP contribution is -2.37. The highest BCUT2D eigenvalue weighted by atomic mass is 32.2. The molecule has 6 heteroatoms. The van der Waals surface area contributed by atoms with E-state index in [0.29, 0.717) is 5.56 Å². The van der Waals surface area contributed by atoms with Gasteiger partial charge in [-0.3, -0.25) is 9.59 Å². The van der Waals surface area contributed by atoms with Gasteiger partial charge in [0, 0.05) is 48.6 Å². The van der Waals surface area contributed by atoms with Crippen molar-refractivity contribution >= 4 is 35.0 Å². The fourth-order valence-corrected chi connectivity index (χ4v) is 3.97. The number of aryl methyl sites for hydroxylation is 1. The molecule has 0 saturated carbocycles. The van der Waals surface area contributed by atoms with Crippen LogP contribution < -0.4 is 10.2 Å². The summed E-state index contributed by atoms with van der Waals surface area (Å²) in [6, 6.07) is 15.3. The number of rotatable bonds is 5. The largest absolute Gasteiger partial charge is 0.365 e. The van der Waals surface area contributed by atoms with Crippen molar-refractivity contribution < 1.29 is 9.59 Å². The quantitative estimate of drug-likeness (QED) is 0.861. The molecule has 5 nitrogen and oxygen atoms in total. The number of benzene rings is 2. The molecule has 2 aromatic carbocycles. The molecule has 1 aliphatic rings. The molecule has 0 bridgehead atoms. The van der Waals surface area contributed by atoms with E-state index in [1.165, 1.54) is 0 Å². The Morgan fingerprint density at radius 2 is 1.81 bits per heavy atom. The van der Waals surface area contributed by atoms with Gasteiger partial charge in [0.25, 0.3) is 5.91 Å². The Bertz CT molecular complexity index is 804. The molecule has 0 aromatic heterocycles. The molecule has 0 radical (unpaired) electrons. The first-order valence-corrected chi connectivity index (χ1v) is 10.2. The number of anilines is 2. The van der Waals surface area contributed by atoms with Gasteiger partial charge in [-0.25, -0.2) is 0 Å². The number of hydrogen-bond acceptors (Lipinski definition) is 4. The first kappa shape index (κ1) is 19.3. The number of nitrogens with one attached hydrogen (secondary N) is 1. The zero-order valence-corrected chi connectivity index (χ0v) is 16.6. The maximum atomic E-state index is 12.6. The molecular weight excluding hydrogens is 358 g/mol. The molecule has 1 N–H and O–H groups in total. The molecule has 2 amide bonds. The Labute approximate surface area is 164 Å². The SMILES string of the molecule is Cc1cc(C(=O)N2CCSCC2)ccc1NC(=O)CN(C)c1ccccc1. The second-order valence-corrected chi connectivity index (χ2v) is 7.90. The molecular formula is C21H25N3O2S. The first-order valence-electron chi connectivity index (χ1n) is 9.08. The summed E-state index contributed by atoms with van der Waals surface area (Å²) in [7, 11) is 1.89. The molecule has 0 spiro atoms. The molecule has 3 rings (SSSR count). The Balaban J connectivity index is 1.62. The van der Waals surface area contributed by atoms with Crippen molar-refractivity contribution in [1.82, 2.24) is 4.90 Å². The van der Waals surface area contributed by atoms with Crippen LogP contribution in [0.4, 0.5) is 11.4 Å². The minimum Gasteiger partial charge on any atom is -0.365 e. The molecule has 0 unspecified atom stereocenters. The van der Waals surface area contributed by atoms with E-state index >= 15 is 0 Å². The van der Waals surface area contributed by atoms with Crippen LogP contribution in [0.2, 0.25) is 0 Å². The monoisotopic (exact) mass is 383 g/mol. The van der Waals surface area contributed by atoms with E-state index in [4.69, 9.17) is 0 Å². The maximum Gasteiger partial charge on any atom is 0.253 e. The van der Waals surface area contributed by atoms with Gasteiger partial charge >= 0.3 is 0 Å². The number of carbonyl (C=O) groups excluding carboxylic acids is 2. The highest BCUT2D eigenvalue weighted by Gasteiger charge is 2.19. The number of carbonyl (C=O) groups is 2. The number of likely N-dealkylation sites (N-methyl/N-ethyl adjacent to an activating group) is 1. The van der Waals surface area contributed by atoms with Gasteiger partial charge in [-0.2, -0.15) is 11.8 Å². The third kappa shape index (κ3) is 5.04. The number of para-hydroxylation sites is 1. The third-order valence-corrected chi connectivity index (χ3v) is 5.57. The smallest absolute Gasteiger partial charge is 0.253 e. The summed E-state index contributed by atoms with van der Waals surface area (Å²) < 4.78 is 0. The van der Waals surface area contributed by atoms with Crippen LogP contribution >= 0.6 is 11.8 Å². The molecule has 0 aliphatic carbocycles. The minimum atomic E-state index is -0.0865. The lowest BCUT2D eigenvalue weighted by molar-refractivity contribution is -0.114. The van der Waals surface area contributed by atoms with Crippen molar-refractivity contribution in [1.29, 1.82) is 0 Å². The molecule has 1 aliphatic heterocycles. The standard InChI is InChI=1S/C21H25N3O2S/c1-16-14-17(21(26)24-10-12-27-13-11-24)8-9-19(16)22-20(25)15-23(2)18-6-4-3-5-7-18/h3-9,14H,10-13,15H2,1-2H3,(H,22,25). The third-order valence-electron chi connectivity index (χ3n) is 4.62. The van der Waals surface area contributed by atoms with E-state index in [1.807, 2.05) is 78.0 Å². The first-order chi connectivity index (χ1) is 13.0. The van der Waals surface area contributed by atoms with Crippen molar-refractivity contribution in [3.63, 3.8) is 0 Å². The van der Waals surface area contributed by atoms with Crippen LogP contribution in [0.5, 0.6) is 0 Å². The Morgan fingerprint density at radius 3 is 2.48 bits per heavy atom. The minimum absolute atomic E-state index is 0.0695. The van der Waals surface area contributed by atoms with E-state index in [0.717, 1.165) is 41.5 Å².